The van der Waals surface area contributed by atoms with Crippen molar-refractivity contribution in [2.75, 3.05) is 63.8 Å². The number of carbonyl (C=O) groups is 2. The minimum atomic E-state index is -0.556. The van der Waals surface area contributed by atoms with Gasteiger partial charge in [0.1, 0.15) is 0 Å². The first-order chi connectivity index (χ1) is 17.0. The van der Waals surface area contributed by atoms with Crippen molar-refractivity contribution >= 4 is 29.0 Å². The maximum atomic E-state index is 12.9. The third kappa shape index (κ3) is 5.60. The molecule has 1 atom stereocenters. The van der Waals surface area contributed by atoms with Crippen molar-refractivity contribution in [2.24, 2.45) is 0 Å². The van der Waals surface area contributed by atoms with Crippen LogP contribution in [0.5, 0.6) is 0 Å². The molecule has 3 amide bonds. The number of anilines is 1. The number of nitrogens with zero attached hydrogens (tertiary/aromatic N) is 6. The van der Waals surface area contributed by atoms with E-state index in [0.29, 0.717) is 32.7 Å². The molecule has 0 aliphatic carbocycles. The molecule has 0 radical (unpaired) electrons. The van der Waals surface area contributed by atoms with E-state index in [-0.39, 0.29) is 11.9 Å². The normalized spacial score (nSPS) is 19.9. The molecule has 2 aromatic rings. The SMILES string of the molecule is CC(=O)N1CCN(c2ccc(CN3CCN(CC(O)CN4CCc5sccc5C4)C3=O)nc2)CC1. The third-order valence-electron chi connectivity index (χ3n) is 7.22. The monoisotopic (exact) mass is 498 g/mol. The highest BCUT2D eigenvalue weighted by molar-refractivity contribution is 7.10. The summed E-state index contributed by atoms with van der Waals surface area (Å²) in [5.74, 6) is 0.124. The Labute approximate surface area is 210 Å². The Kier molecular flexibility index (Phi) is 7.22. The first-order valence-electron chi connectivity index (χ1n) is 12.4. The topological polar surface area (TPSA) is 83.5 Å². The maximum Gasteiger partial charge on any atom is 0.320 e. The van der Waals surface area contributed by atoms with Crippen LogP contribution in [0.15, 0.2) is 29.8 Å². The molecule has 0 spiro atoms. The number of aliphatic hydroxyl groups excluding tert-OH is 1. The number of hydrogen-bond acceptors (Lipinski definition) is 7. The van der Waals surface area contributed by atoms with Gasteiger partial charge in [-0.15, -0.1) is 11.3 Å². The van der Waals surface area contributed by atoms with E-state index in [0.717, 1.165) is 57.1 Å². The van der Waals surface area contributed by atoms with Crippen molar-refractivity contribution in [3.8, 4) is 0 Å². The number of carbonyl (C=O) groups excluding carboxylic acids is 2. The number of aromatic nitrogens is 1. The van der Waals surface area contributed by atoms with Crippen LogP contribution in [0.3, 0.4) is 0 Å². The summed E-state index contributed by atoms with van der Waals surface area (Å²) < 4.78 is 0. The summed E-state index contributed by atoms with van der Waals surface area (Å²) in [5, 5.41) is 12.8. The van der Waals surface area contributed by atoms with Crippen molar-refractivity contribution in [1.82, 2.24) is 24.6 Å². The van der Waals surface area contributed by atoms with Gasteiger partial charge in [0.25, 0.3) is 0 Å². The van der Waals surface area contributed by atoms with E-state index < -0.39 is 6.10 Å². The van der Waals surface area contributed by atoms with E-state index in [1.807, 2.05) is 34.6 Å². The van der Waals surface area contributed by atoms with Crippen molar-refractivity contribution in [2.45, 2.75) is 32.5 Å². The van der Waals surface area contributed by atoms with E-state index >= 15 is 0 Å². The molecule has 5 heterocycles. The van der Waals surface area contributed by atoms with E-state index in [4.69, 9.17) is 0 Å². The molecule has 5 rings (SSSR count). The lowest BCUT2D eigenvalue weighted by Crippen LogP contribution is -2.48. The molecule has 0 saturated carbocycles. The Morgan fingerprint density at radius 2 is 1.86 bits per heavy atom. The van der Waals surface area contributed by atoms with Crippen molar-refractivity contribution in [3.05, 3.63) is 45.9 Å². The predicted octanol–water partition coefficient (Wildman–Crippen LogP) is 1.47. The van der Waals surface area contributed by atoms with Gasteiger partial charge in [0.05, 0.1) is 30.2 Å². The summed E-state index contributed by atoms with van der Waals surface area (Å²) in [6, 6.07) is 6.17. The smallest absolute Gasteiger partial charge is 0.320 e. The van der Waals surface area contributed by atoms with Gasteiger partial charge in [-0.2, -0.15) is 0 Å². The Morgan fingerprint density at radius 3 is 2.60 bits per heavy atom. The number of rotatable bonds is 7. The summed E-state index contributed by atoms with van der Waals surface area (Å²) in [5.41, 5.74) is 3.27. The lowest BCUT2D eigenvalue weighted by atomic mass is 10.1. The molecule has 2 aromatic heterocycles. The second kappa shape index (κ2) is 10.5. The van der Waals surface area contributed by atoms with Crippen LogP contribution in [0.25, 0.3) is 0 Å². The fourth-order valence-corrected chi connectivity index (χ4v) is 6.08. The fraction of sp³-hybridized carbons (Fsp3) is 0.560. The molecule has 3 aliphatic heterocycles. The van der Waals surface area contributed by atoms with Crippen LogP contribution in [0.1, 0.15) is 23.1 Å². The molecule has 2 fully saturated rings. The summed E-state index contributed by atoms with van der Waals surface area (Å²) in [6.07, 6.45) is 2.34. The number of thiophene rings is 1. The van der Waals surface area contributed by atoms with Crippen LogP contribution >= 0.6 is 11.3 Å². The summed E-state index contributed by atoms with van der Waals surface area (Å²) >= 11 is 1.81. The quantitative estimate of drug-likeness (QED) is 0.623. The molecule has 1 unspecified atom stereocenters. The number of hydrogen-bond donors (Lipinski definition) is 1. The molecule has 3 aliphatic rings. The van der Waals surface area contributed by atoms with Crippen LogP contribution in [-0.4, -0.2) is 107 Å². The Bertz CT molecular complexity index is 1040. The second-order valence-corrected chi connectivity index (χ2v) is 10.7. The van der Waals surface area contributed by atoms with Crippen LogP contribution in [0.4, 0.5) is 10.5 Å². The minimum absolute atomic E-state index is 0.0333. The zero-order valence-corrected chi connectivity index (χ0v) is 21.1. The molecule has 10 heteroatoms. The summed E-state index contributed by atoms with van der Waals surface area (Å²) in [6.45, 7) is 9.20. The molecule has 9 nitrogen and oxygen atoms in total. The molecule has 0 bridgehead atoms. The lowest BCUT2D eigenvalue weighted by Gasteiger charge is -2.35. The molecular weight excluding hydrogens is 464 g/mol. The summed E-state index contributed by atoms with van der Waals surface area (Å²) in [4.78, 5) is 40.4. The molecular formula is C25H34N6O3S. The van der Waals surface area contributed by atoms with Gasteiger partial charge in [0.15, 0.2) is 0 Å². The Balaban J connectivity index is 1.08. The highest BCUT2D eigenvalue weighted by Gasteiger charge is 2.31. The number of β-amino-alcohol motifs (C(OH)–C–C–N with tert-alkyl or cyclic N) is 1. The Morgan fingerprint density at radius 1 is 1.06 bits per heavy atom. The van der Waals surface area contributed by atoms with Gasteiger partial charge in [-0.25, -0.2) is 4.79 Å². The fourth-order valence-electron chi connectivity index (χ4n) is 5.19. The highest BCUT2D eigenvalue weighted by Crippen LogP contribution is 2.24. The first kappa shape index (κ1) is 24.0. The number of amides is 3. The second-order valence-electron chi connectivity index (χ2n) is 9.66. The first-order valence-corrected chi connectivity index (χ1v) is 13.3. The van der Waals surface area contributed by atoms with Crippen LogP contribution < -0.4 is 4.90 Å². The lowest BCUT2D eigenvalue weighted by molar-refractivity contribution is -0.129. The average molecular weight is 499 g/mol. The van der Waals surface area contributed by atoms with E-state index in [1.54, 1.807) is 16.7 Å². The van der Waals surface area contributed by atoms with E-state index in [1.165, 1.54) is 10.4 Å². The van der Waals surface area contributed by atoms with Gasteiger partial charge in [0.2, 0.25) is 5.91 Å². The van der Waals surface area contributed by atoms with E-state index in [2.05, 4.69) is 26.2 Å². The summed E-state index contributed by atoms with van der Waals surface area (Å²) in [7, 11) is 0. The maximum absolute atomic E-state index is 12.9. The number of urea groups is 1. The van der Waals surface area contributed by atoms with Crippen molar-refractivity contribution in [1.29, 1.82) is 0 Å². The molecule has 0 aromatic carbocycles. The number of pyridine rings is 1. The number of piperazine rings is 1. The zero-order valence-electron chi connectivity index (χ0n) is 20.3. The van der Waals surface area contributed by atoms with Crippen LogP contribution in [0.2, 0.25) is 0 Å². The highest BCUT2D eigenvalue weighted by atomic mass is 32.1. The molecule has 2 saturated heterocycles. The molecule has 35 heavy (non-hydrogen) atoms. The minimum Gasteiger partial charge on any atom is -0.390 e. The molecule has 188 valence electrons. The average Bonchev–Trinajstić information content (AvgIpc) is 3.46. The van der Waals surface area contributed by atoms with Gasteiger partial charge in [0, 0.05) is 77.2 Å². The number of fused-ring (bicyclic) bond motifs is 1. The van der Waals surface area contributed by atoms with Crippen molar-refractivity contribution < 1.29 is 14.7 Å². The number of aliphatic hydroxyl groups is 1. The van der Waals surface area contributed by atoms with Crippen molar-refractivity contribution in [3.63, 3.8) is 0 Å². The standard InChI is InChI=1S/C25H34N6O3S/c1-19(32)28-7-9-29(10-8-28)22-3-2-21(26-14-22)16-30-11-12-31(25(30)34)18-23(33)17-27-6-4-24-20(15-27)5-13-35-24/h2-3,5,13-14,23,33H,4,6-12,15-18H2,1H3. The van der Waals surface area contributed by atoms with Gasteiger partial charge in [-0.3, -0.25) is 14.7 Å². The van der Waals surface area contributed by atoms with Crippen LogP contribution in [-0.2, 0) is 24.3 Å². The van der Waals surface area contributed by atoms with Crippen LogP contribution in [0, 0.1) is 0 Å². The van der Waals surface area contributed by atoms with Gasteiger partial charge in [-0.05, 0) is 35.6 Å². The third-order valence-corrected chi connectivity index (χ3v) is 8.24. The predicted molar refractivity (Wildman–Crippen MR) is 135 cm³/mol. The van der Waals surface area contributed by atoms with E-state index in [9.17, 15) is 14.7 Å². The van der Waals surface area contributed by atoms with Gasteiger partial charge in [-0.1, -0.05) is 0 Å². The Hall–Kier alpha value is -2.69. The van der Waals surface area contributed by atoms with Gasteiger partial charge < -0.3 is 24.7 Å². The van der Waals surface area contributed by atoms with Gasteiger partial charge >= 0.3 is 6.03 Å². The zero-order chi connectivity index (χ0) is 24.4. The molecule has 1 N–H and O–H groups in total. The largest absolute Gasteiger partial charge is 0.390 e.